The van der Waals surface area contributed by atoms with Gasteiger partial charge in [-0.2, -0.15) is 0 Å². The lowest BCUT2D eigenvalue weighted by Crippen LogP contribution is -2.61. The van der Waals surface area contributed by atoms with Crippen LogP contribution < -0.4 is 0 Å². The molecule has 0 spiro atoms. The monoisotopic (exact) mass is 532 g/mol. The predicted octanol–water partition coefficient (Wildman–Crippen LogP) is 0.975. The van der Waals surface area contributed by atoms with E-state index in [1.165, 1.54) is 41.7 Å². The zero-order chi connectivity index (χ0) is 27.7. The number of carbonyl (C=O) groups excluding carboxylic acids is 5. The molecule has 2 aliphatic heterocycles. The maximum atomic E-state index is 11.9. The molecule has 0 aromatic rings. The largest absolute Gasteiger partial charge is 0.463 e. The van der Waals surface area contributed by atoms with Crippen molar-refractivity contribution in [2.24, 2.45) is 0 Å². The first-order valence-corrected chi connectivity index (χ1v) is 12.1. The van der Waals surface area contributed by atoms with Gasteiger partial charge in [0.2, 0.25) is 0 Å². The van der Waals surface area contributed by atoms with Gasteiger partial charge < -0.3 is 37.9 Å². The molecule has 0 saturated carbocycles. The van der Waals surface area contributed by atoms with Gasteiger partial charge in [-0.3, -0.25) is 24.0 Å². The highest BCUT2D eigenvalue weighted by Crippen LogP contribution is 2.33. The van der Waals surface area contributed by atoms with Gasteiger partial charge in [-0.15, -0.1) is 0 Å². The zero-order valence-electron chi connectivity index (χ0n) is 22.0. The third kappa shape index (κ3) is 9.56. The van der Waals surface area contributed by atoms with E-state index in [4.69, 9.17) is 37.9 Å². The van der Waals surface area contributed by atoms with Crippen LogP contribution >= 0.6 is 0 Å². The minimum absolute atomic E-state index is 0.0792. The molecule has 8 atom stereocenters. The van der Waals surface area contributed by atoms with Gasteiger partial charge in [0.25, 0.3) is 0 Å². The van der Waals surface area contributed by atoms with Crippen molar-refractivity contribution < 1.29 is 61.9 Å². The lowest BCUT2D eigenvalue weighted by molar-refractivity contribution is -0.299. The first-order valence-electron chi connectivity index (χ1n) is 12.1. The van der Waals surface area contributed by atoms with E-state index in [2.05, 4.69) is 0 Å². The van der Waals surface area contributed by atoms with E-state index in [0.29, 0.717) is 19.3 Å². The summed E-state index contributed by atoms with van der Waals surface area (Å²) in [5.41, 5.74) is 0. The number of esters is 5. The van der Waals surface area contributed by atoms with E-state index in [1.807, 2.05) is 0 Å². The molecule has 0 aliphatic carbocycles. The lowest BCUT2D eigenvalue weighted by atomic mass is 9.92. The van der Waals surface area contributed by atoms with Crippen LogP contribution in [-0.2, 0) is 61.9 Å². The van der Waals surface area contributed by atoms with Crippen molar-refractivity contribution in [1.82, 2.24) is 0 Å². The van der Waals surface area contributed by atoms with Crippen LogP contribution in [0, 0.1) is 0 Å². The fourth-order valence-electron chi connectivity index (χ4n) is 4.47. The van der Waals surface area contributed by atoms with Gasteiger partial charge >= 0.3 is 29.8 Å². The number of ether oxygens (including phenoxy) is 8. The number of carbonyl (C=O) groups is 5. The molecule has 2 fully saturated rings. The molecule has 0 aromatic carbocycles. The standard InChI is InChI=1S/C24H36O13/c1-12(25)31-11-20-18(32-13(2)26)9-7-17(36-20)8-10-19-21(33-14(3)27)22(34-15(4)28)23(35-16(5)29)24(30-6)37-19/h17-24H,7-11H2,1-6H3/t17-,18-,19?,20?,21+,22?,23?,24-/m0/s1. The smallest absolute Gasteiger partial charge is 0.303 e. The van der Waals surface area contributed by atoms with Crippen molar-refractivity contribution in [3.05, 3.63) is 0 Å². The van der Waals surface area contributed by atoms with Crippen molar-refractivity contribution in [3.63, 3.8) is 0 Å². The summed E-state index contributed by atoms with van der Waals surface area (Å²) in [7, 11) is 1.34. The highest BCUT2D eigenvalue weighted by atomic mass is 16.7. The summed E-state index contributed by atoms with van der Waals surface area (Å²) in [4.78, 5) is 58.2. The second kappa shape index (κ2) is 14.2. The molecule has 0 bridgehead atoms. The fraction of sp³-hybridized carbons (Fsp3) is 0.792. The summed E-state index contributed by atoms with van der Waals surface area (Å²) >= 11 is 0. The van der Waals surface area contributed by atoms with Crippen molar-refractivity contribution >= 4 is 29.8 Å². The summed E-state index contributed by atoms with van der Waals surface area (Å²) in [6.45, 7) is 6.04. The Kier molecular flexibility index (Phi) is 11.7. The van der Waals surface area contributed by atoms with Gasteiger partial charge in [0.1, 0.15) is 24.9 Å². The molecule has 0 N–H and O–H groups in total. The third-order valence-corrected chi connectivity index (χ3v) is 5.83. The van der Waals surface area contributed by atoms with Crippen LogP contribution in [0.4, 0.5) is 0 Å². The molecule has 0 radical (unpaired) electrons. The first kappa shape index (κ1) is 30.5. The van der Waals surface area contributed by atoms with Gasteiger partial charge in [-0.25, -0.2) is 0 Å². The number of rotatable bonds is 10. The molecular weight excluding hydrogens is 496 g/mol. The van der Waals surface area contributed by atoms with Crippen LogP contribution in [0.2, 0.25) is 0 Å². The Labute approximate surface area is 215 Å². The predicted molar refractivity (Wildman–Crippen MR) is 122 cm³/mol. The topological polar surface area (TPSA) is 159 Å². The highest BCUT2D eigenvalue weighted by Gasteiger charge is 2.52. The minimum Gasteiger partial charge on any atom is -0.463 e. The Morgan fingerprint density at radius 2 is 1.22 bits per heavy atom. The Hall–Kier alpha value is -2.77. The van der Waals surface area contributed by atoms with Gasteiger partial charge in [0.05, 0.1) is 6.10 Å². The molecule has 0 aromatic heterocycles. The minimum atomic E-state index is -1.17. The van der Waals surface area contributed by atoms with Crippen LogP contribution in [0.3, 0.4) is 0 Å². The maximum absolute atomic E-state index is 11.9. The SMILES string of the molecule is CO[C@H]1OC(CC[C@@H]2CC[C@H](OC(C)=O)C(COC(C)=O)O2)[C@@H](OC(C)=O)C(OC(C)=O)C1OC(C)=O. The molecule has 0 amide bonds. The summed E-state index contributed by atoms with van der Waals surface area (Å²) in [5, 5.41) is 0. The van der Waals surface area contributed by atoms with E-state index in [1.54, 1.807) is 0 Å². The van der Waals surface area contributed by atoms with Gasteiger partial charge in [0.15, 0.2) is 24.6 Å². The van der Waals surface area contributed by atoms with E-state index in [-0.39, 0.29) is 19.1 Å². The first-order chi connectivity index (χ1) is 17.4. The van der Waals surface area contributed by atoms with Gasteiger partial charge in [-0.1, -0.05) is 0 Å². The molecule has 210 valence electrons. The van der Waals surface area contributed by atoms with Crippen molar-refractivity contribution in [2.45, 2.75) is 109 Å². The Morgan fingerprint density at radius 1 is 0.649 bits per heavy atom. The molecule has 13 nitrogen and oxygen atoms in total. The summed E-state index contributed by atoms with van der Waals surface area (Å²) in [6.07, 6.45) is -5.16. The number of hydrogen-bond acceptors (Lipinski definition) is 13. The van der Waals surface area contributed by atoms with E-state index in [0.717, 1.165) is 0 Å². The molecule has 13 heteroatoms. The van der Waals surface area contributed by atoms with Crippen LogP contribution in [0.15, 0.2) is 0 Å². The molecule has 2 saturated heterocycles. The third-order valence-electron chi connectivity index (χ3n) is 5.83. The molecule has 2 heterocycles. The molecule has 4 unspecified atom stereocenters. The number of hydrogen-bond donors (Lipinski definition) is 0. The summed E-state index contributed by atoms with van der Waals surface area (Å²) < 4.78 is 44.0. The summed E-state index contributed by atoms with van der Waals surface area (Å²) in [5.74, 6) is -2.94. The second-order valence-electron chi connectivity index (χ2n) is 8.90. The van der Waals surface area contributed by atoms with Crippen LogP contribution in [-0.4, -0.2) is 92.6 Å². The van der Waals surface area contributed by atoms with Crippen LogP contribution in [0.5, 0.6) is 0 Å². The quantitative estimate of drug-likeness (QED) is 0.290. The average molecular weight is 533 g/mol. The molecule has 2 rings (SSSR count). The van der Waals surface area contributed by atoms with Crippen molar-refractivity contribution in [3.8, 4) is 0 Å². The van der Waals surface area contributed by atoms with Crippen molar-refractivity contribution in [2.75, 3.05) is 13.7 Å². The average Bonchev–Trinajstić information content (AvgIpc) is 2.79. The Bertz CT molecular complexity index is 827. The normalized spacial score (nSPS) is 31.5. The van der Waals surface area contributed by atoms with E-state index >= 15 is 0 Å². The fourth-order valence-corrected chi connectivity index (χ4v) is 4.47. The van der Waals surface area contributed by atoms with Crippen LogP contribution in [0.1, 0.15) is 60.3 Å². The maximum Gasteiger partial charge on any atom is 0.303 e. The van der Waals surface area contributed by atoms with Crippen LogP contribution in [0.25, 0.3) is 0 Å². The summed E-state index contributed by atoms with van der Waals surface area (Å²) in [6, 6.07) is 0. The van der Waals surface area contributed by atoms with E-state index < -0.39 is 72.8 Å². The van der Waals surface area contributed by atoms with Gasteiger partial charge in [0, 0.05) is 41.7 Å². The van der Waals surface area contributed by atoms with E-state index in [9.17, 15) is 24.0 Å². The van der Waals surface area contributed by atoms with Crippen molar-refractivity contribution in [1.29, 1.82) is 0 Å². The molecule has 37 heavy (non-hydrogen) atoms. The Balaban J connectivity index is 2.18. The highest BCUT2D eigenvalue weighted by molar-refractivity contribution is 5.68. The second-order valence-corrected chi connectivity index (χ2v) is 8.90. The van der Waals surface area contributed by atoms with Gasteiger partial charge in [-0.05, 0) is 25.7 Å². The molecule has 2 aliphatic rings. The number of methoxy groups -OCH3 is 1. The zero-order valence-corrected chi connectivity index (χ0v) is 22.0. The molecular formula is C24H36O13. The Morgan fingerprint density at radius 3 is 1.76 bits per heavy atom. The lowest BCUT2D eigenvalue weighted by Gasteiger charge is -2.44.